The summed E-state index contributed by atoms with van der Waals surface area (Å²) >= 11 is 10.9. The van der Waals surface area contributed by atoms with Gasteiger partial charge in [0.15, 0.2) is 0 Å². The van der Waals surface area contributed by atoms with E-state index in [9.17, 15) is 4.79 Å². The van der Waals surface area contributed by atoms with Crippen molar-refractivity contribution < 1.29 is 9.53 Å². The van der Waals surface area contributed by atoms with E-state index >= 15 is 0 Å². The largest absolute Gasteiger partial charge is 0.393 e. The molecule has 0 heterocycles. The molecule has 0 saturated heterocycles. The predicted octanol–water partition coefficient (Wildman–Crippen LogP) is 2.03. The van der Waals surface area contributed by atoms with Gasteiger partial charge in [-0.05, 0) is 11.6 Å². The number of halogens is 1. The molecule has 4 nitrogen and oxygen atoms in total. The molecular formula is C14H19ClN2O2S. The Hall–Kier alpha value is -1.17. The molecule has 0 aromatic heterocycles. The number of amides is 1. The fourth-order valence-corrected chi connectivity index (χ4v) is 2.02. The Kier molecular flexibility index (Phi) is 7.51. The summed E-state index contributed by atoms with van der Waals surface area (Å²) in [4.78, 5) is 14.4. The van der Waals surface area contributed by atoms with E-state index in [2.05, 4.69) is 0 Å². The molecule has 6 heteroatoms. The fraction of sp³-hybridized carbons (Fsp3) is 0.429. The lowest BCUT2D eigenvalue weighted by Gasteiger charge is -2.22. The van der Waals surface area contributed by atoms with Crippen LogP contribution in [0.25, 0.3) is 0 Å². The van der Waals surface area contributed by atoms with Crippen molar-refractivity contribution in [1.82, 2.24) is 4.90 Å². The SMILES string of the molecule is COCCN(CCC(N)=S)C(=O)Cc1ccccc1Cl. The van der Waals surface area contributed by atoms with E-state index in [0.717, 1.165) is 5.56 Å². The number of ether oxygens (including phenoxy) is 1. The van der Waals surface area contributed by atoms with Crippen LogP contribution in [0.4, 0.5) is 0 Å². The van der Waals surface area contributed by atoms with Gasteiger partial charge in [0.1, 0.15) is 0 Å². The highest BCUT2D eigenvalue weighted by Crippen LogP contribution is 2.16. The molecule has 0 fully saturated rings. The summed E-state index contributed by atoms with van der Waals surface area (Å²) in [5.74, 6) is -0.00796. The number of carbonyl (C=O) groups is 1. The fourth-order valence-electron chi connectivity index (χ4n) is 1.72. The van der Waals surface area contributed by atoms with Crippen LogP contribution >= 0.6 is 23.8 Å². The predicted molar refractivity (Wildman–Crippen MR) is 85.0 cm³/mol. The summed E-state index contributed by atoms with van der Waals surface area (Å²) in [5.41, 5.74) is 6.30. The van der Waals surface area contributed by atoms with Crippen molar-refractivity contribution in [2.75, 3.05) is 26.8 Å². The van der Waals surface area contributed by atoms with Crippen LogP contribution in [0.1, 0.15) is 12.0 Å². The lowest BCUT2D eigenvalue weighted by atomic mass is 10.1. The molecule has 110 valence electrons. The maximum atomic E-state index is 12.3. The van der Waals surface area contributed by atoms with Crippen LogP contribution in [0.5, 0.6) is 0 Å². The zero-order valence-electron chi connectivity index (χ0n) is 11.5. The quantitative estimate of drug-likeness (QED) is 0.746. The molecule has 1 aromatic carbocycles. The summed E-state index contributed by atoms with van der Waals surface area (Å²) in [6, 6.07) is 7.33. The highest BCUT2D eigenvalue weighted by Gasteiger charge is 2.15. The molecule has 2 N–H and O–H groups in total. The van der Waals surface area contributed by atoms with Crippen molar-refractivity contribution in [2.24, 2.45) is 5.73 Å². The zero-order valence-corrected chi connectivity index (χ0v) is 13.0. The number of nitrogens with two attached hydrogens (primary N) is 1. The number of methoxy groups -OCH3 is 1. The molecule has 1 amide bonds. The Labute approximate surface area is 129 Å². The van der Waals surface area contributed by atoms with Crippen LogP contribution in [0.3, 0.4) is 0 Å². The molecule has 0 spiro atoms. The average molecular weight is 315 g/mol. The monoisotopic (exact) mass is 314 g/mol. The summed E-state index contributed by atoms with van der Waals surface area (Å²) < 4.78 is 5.02. The minimum atomic E-state index is -0.00796. The van der Waals surface area contributed by atoms with Crippen LogP contribution in [0, 0.1) is 0 Å². The average Bonchev–Trinajstić information content (AvgIpc) is 2.41. The summed E-state index contributed by atoms with van der Waals surface area (Å²) in [6.45, 7) is 1.50. The molecule has 0 atom stereocenters. The third kappa shape index (κ3) is 5.86. The minimum Gasteiger partial charge on any atom is -0.393 e. The molecule has 0 aliphatic heterocycles. The first-order chi connectivity index (χ1) is 9.54. The number of nitrogens with zero attached hydrogens (tertiary/aromatic N) is 1. The Bertz CT molecular complexity index is 468. The normalized spacial score (nSPS) is 10.3. The van der Waals surface area contributed by atoms with Gasteiger partial charge in [0.05, 0.1) is 18.0 Å². The Morgan fingerprint density at radius 1 is 1.40 bits per heavy atom. The summed E-state index contributed by atoms with van der Waals surface area (Å²) in [7, 11) is 1.60. The number of rotatable bonds is 8. The van der Waals surface area contributed by atoms with Gasteiger partial charge in [-0.15, -0.1) is 0 Å². The Morgan fingerprint density at radius 3 is 2.70 bits per heavy atom. The van der Waals surface area contributed by atoms with Crippen molar-refractivity contribution in [3.63, 3.8) is 0 Å². The van der Waals surface area contributed by atoms with Crippen molar-refractivity contribution in [2.45, 2.75) is 12.8 Å². The second-order valence-electron chi connectivity index (χ2n) is 4.36. The Balaban J connectivity index is 2.66. The second-order valence-corrected chi connectivity index (χ2v) is 5.29. The zero-order chi connectivity index (χ0) is 15.0. The second kappa shape index (κ2) is 8.89. The van der Waals surface area contributed by atoms with Gasteiger partial charge in [-0.1, -0.05) is 42.0 Å². The minimum absolute atomic E-state index is 0.00796. The highest BCUT2D eigenvalue weighted by atomic mass is 35.5. The Morgan fingerprint density at radius 2 is 2.10 bits per heavy atom. The molecule has 0 saturated carbocycles. The molecule has 20 heavy (non-hydrogen) atoms. The number of hydrogen-bond donors (Lipinski definition) is 1. The van der Waals surface area contributed by atoms with Crippen molar-refractivity contribution in [1.29, 1.82) is 0 Å². The molecule has 0 unspecified atom stereocenters. The topological polar surface area (TPSA) is 55.6 Å². The van der Waals surface area contributed by atoms with Crippen LogP contribution in [-0.4, -0.2) is 42.6 Å². The third-order valence-corrected chi connectivity index (χ3v) is 3.42. The molecule has 0 radical (unpaired) electrons. The maximum Gasteiger partial charge on any atom is 0.227 e. The smallest absolute Gasteiger partial charge is 0.227 e. The molecule has 0 aliphatic carbocycles. The standard InChI is InChI=1S/C14H19ClN2O2S/c1-19-9-8-17(7-6-13(16)20)14(18)10-11-4-2-3-5-12(11)15/h2-5H,6-10H2,1H3,(H2,16,20). The number of carbonyl (C=O) groups excluding carboxylic acids is 1. The lowest BCUT2D eigenvalue weighted by Crippen LogP contribution is -2.37. The van der Waals surface area contributed by atoms with Crippen molar-refractivity contribution >= 4 is 34.7 Å². The first-order valence-corrected chi connectivity index (χ1v) is 7.11. The van der Waals surface area contributed by atoms with E-state index in [1.54, 1.807) is 18.1 Å². The van der Waals surface area contributed by atoms with E-state index in [-0.39, 0.29) is 12.3 Å². The summed E-state index contributed by atoms with van der Waals surface area (Å²) in [6.07, 6.45) is 0.772. The van der Waals surface area contributed by atoms with Crippen molar-refractivity contribution in [3.8, 4) is 0 Å². The molecule has 0 bridgehead atoms. The van der Waals surface area contributed by atoms with E-state index in [0.29, 0.717) is 36.1 Å². The summed E-state index contributed by atoms with van der Waals surface area (Å²) in [5, 5.41) is 0.599. The number of hydrogen-bond acceptors (Lipinski definition) is 3. The molecular weight excluding hydrogens is 296 g/mol. The first kappa shape index (κ1) is 16.9. The van der Waals surface area contributed by atoms with Gasteiger partial charge >= 0.3 is 0 Å². The highest BCUT2D eigenvalue weighted by molar-refractivity contribution is 7.80. The van der Waals surface area contributed by atoms with Crippen LogP contribution < -0.4 is 5.73 Å². The van der Waals surface area contributed by atoms with Gasteiger partial charge < -0.3 is 15.4 Å². The molecule has 0 aliphatic rings. The van der Waals surface area contributed by atoms with E-state index < -0.39 is 0 Å². The van der Waals surface area contributed by atoms with Gasteiger partial charge in [-0.3, -0.25) is 4.79 Å². The maximum absolute atomic E-state index is 12.3. The van der Waals surface area contributed by atoms with Crippen molar-refractivity contribution in [3.05, 3.63) is 34.9 Å². The van der Waals surface area contributed by atoms with Gasteiger partial charge in [0.25, 0.3) is 0 Å². The number of thiocarbonyl (C=S) groups is 1. The first-order valence-electron chi connectivity index (χ1n) is 6.33. The number of benzene rings is 1. The van der Waals surface area contributed by atoms with Crippen LogP contribution in [0.15, 0.2) is 24.3 Å². The lowest BCUT2D eigenvalue weighted by molar-refractivity contribution is -0.131. The van der Waals surface area contributed by atoms with Crippen LogP contribution in [-0.2, 0) is 16.0 Å². The molecule has 1 aromatic rings. The third-order valence-electron chi connectivity index (χ3n) is 2.85. The van der Waals surface area contributed by atoms with Crippen LogP contribution in [0.2, 0.25) is 5.02 Å². The van der Waals surface area contributed by atoms with E-state index in [1.165, 1.54) is 0 Å². The van der Waals surface area contributed by atoms with E-state index in [4.69, 9.17) is 34.3 Å². The van der Waals surface area contributed by atoms with Gasteiger partial charge in [0.2, 0.25) is 5.91 Å². The van der Waals surface area contributed by atoms with Gasteiger partial charge in [-0.25, -0.2) is 0 Å². The van der Waals surface area contributed by atoms with Gasteiger partial charge in [-0.2, -0.15) is 0 Å². The van der Waals surface area contributed by atoms with Gasteiger partial charge in [0, 0.05) is 31.6 Å². The molecule has 1 rings (SSSR count). The van der Waals surface area contributed by atoms with E-state index in [1.807, 2.05) is 18.2 Å².